The van der Waals surface area contributed by atoms with Crippen LogP contribution in [-0.4, -0.2) is 31.2 Å². The zero-order chi connectivity index (χ0) is 14.7. The van der Waals surface area contributed by atoms with E-state index in [4.69, 9.17) is 17.5 Å². The van der Waals surface area contributed by atoms with Crippen molar-refractivity contribution in [2.45, 2.75) is 0 Å². The Morgan fingerprint density at radius 2 is 1.62 bits per heavy atom. The molecular weight excluding hydrogens is 280 g/mol. The van der Waals surface area contributed by atoms with Crippen molar-refractivity contribution in [2.75, 3.05) is 36.0 Å². The number of nitrogens with one attached hydrogen (secondary N) is 1. The highest BCUT2D eigenvalue weighted by Gasteiger charge is 2.17. The molecule has 1 aliphatic rings. The van der Waals surface area contributed by atoms with Crippen molar-refractivity contribution in [3.8, 4) is 6.07 Å². The van der Waals surface area contributed by atoms with Crippen LogP contribution in [0.5, 0.6) is 0 Å². The van der Waals surface area contributed by atoms with E-state index in [2.05, 4.69) is 26.9 Å². The van der Waals surface area contributed by atoms with Crippen molar-refractivity contribution < 1.29 is 0 Å². The summed E-state index contributed by atoms with van der Waals surface area (Å²) in [6, 6.07) is 15.9. The highest BCUT2D eigenvalue weighted by Crippen LogP contribution is 2.19. The molecule has 0 saturated carbocycles. The number of hydrogen-bond acceptors (Lipinski definition) is 4. The molecule has 0 aliphatic carbocycles. The van der Waals surface area contributed by atoms with Crippen molar-refractivity contribution in [3.63, 3.8) is 0 Å². The predicted octanol–water partition coefficient (Wildman–Crippen LogP) is 2.94. The van der Waals surface area contributed by atoms with Crippen LogP contribution in [0.2, 0.25) is 0 Å². The second kappa shape index (κ2) is 5.98. The van der Waals surface area contributed by atoms with E-state index in [1.807, 2.05) is 36.4 Å². The van der Waals surface area contributed by atoms with Gasteiger partial charge in [-0.1, -0.05) is 18.3 Å². The molecule has 1 aromatic carbocycles. The van der Waals surface area contributed by atoms with E-state index in [-0.39, 0.29) is 0 Å². The summed E-state index contributed by atoms with van der Waals surface area (Å²) in [4.78, 5) is 7.89. The lowest BCUT2D eigenvalue weighted by Gasteiger charge is -2.37. The highest BCUT2D eigenvalue weighted by atomic mass is 32.1. The van der Waals surface area contributed by atoms with Gasteiger partial charge in [-0.3, -0.25) is 0 Å². The van der Waals surface area contributed by atoms with Gasteiger partial charge in [0.05, 0.1) is 11.6 Å². The highest BCUT2D eigenvalue weighted by molar-refractivity contribution is 7.71. The van der Waals surface area contributed by atoms with Crippen LogP contribution in [0.4, 0.5) is 11.5 Å². The molecule has 1 fully saturated rings. The Morgan fingerprint density at radius 3 is 2.24 bits per heavy atom. The molecule has 2 aromatic rings. The van der Waals surface area contributed by atoms with Crippen molar-refractivity contribution in [3.05, 3.63) is 52.7 Å². The summed E-state index contributed by atoms with van der Waals surface area (Å²) in [5.74, 6) is 1.09. The number of anilines is 2. The number of hydrogen-bond donors (Lipinski definition) is 1. The summed E-state index contributed by atoms with van der Waals surface area (Å²) in [5.41, 5.74) is 1.88. The molecule has 1 saturated heterocycles. The first-order valence-electron chi connectivity index (χ1n) is 6.96. The van der Waals surface area contributed by atoms with Crippen molar-refractivity contribution in [2.24, 2.45) is 0 Å². The van der Waals surface area contributed by atoms with E-state index in [1.165, 1.54) is 5.69 Å². The number of aromatic amines is 1. The summed E-state index contributed by atoms with van der Waals surface area (Å²) in [5, 5.41) is 8.84. The molecule has 0 spiro atoms. The summed E-state index contributed by atoms with van der Waals surface area (Å²) >= 11 is 5.17. The molecule has 0 atom stereocenters. The summed E-state index contributed by atoms with van der Waals surface area (Å²) in [7, 11) is 0. The Labute approximate surface area is 129 Å². The molecular formula is C16H16N4S. The normalized spacial score (nSPS) is 14.8. The number of rotatable bonds is 2. The predicted molar refractivity (Wildman–Crippen MR) is 87.2 cm³/mol. The van der Waals surface area contributed by atoms with E-state index in [0.29, 0.717) is 5.56 Å². The van der Waals surface area contributed by atoms with E-state index < -0.39 is 0 Å². The number of H-pyrrole nitrogens is 1. The van der Waals surface area contributed by atoms with E-state index in [9.17, 15) is 0 Å². The first-order chi connectivity index (χ1) is 10.3. The topological polar surface area (TPSA) is 46.1 Å². The van der Waals surface area contributed by atoms with Crippen molar-refractivity contribution in [1.82, 2.24) is 4.98 Å². The lowest BCUT2D eigenvalue weighted by Crippen LogP contribution is -2.46. The third-order valence-electron chi connectivity index (χ3n) is 3.73. The second-order valence-corrected chi connectivity index (χ2v) is 5.47. The molecule has 3 rings (SSSR count). The minimum atomic E-state index is 0.703. The van der Waals surface area contributed by atoms with Gasteiger partial charge in [-0.2, -0.15) is 5.26 Å². The summed E-state index contributed by atoms with van der Waals surface area (Å²) in [6.07, 6.45) is 0. The molecule has 1 aromatic heterocycles. The molecule has 1 N–H and O–H groups in total. The summed E-state index contributed by atoms with van der Waals surface area (Å²) < 4.78 is 0.766. The monoisotopic (exact) mass is 296 g/mol. The van der Waals surface area contributed by atoms with Crippen LogP contribution in [0, 0.1) is 16.0 Å². The van der Waals surface area contributed by atoms with Gasteiger partial charge in [0.15, 0.2) is 0 Å². The van der Waals surface area contributed by atoms with Gasteiger partial charge in [0.25, 0.3) is 0 Å². The Balaban J connectivity index is 1.67. The standard InChI is InChI=1S/C16H16N4S/c17-12-13-4-6-14(7-5-13)19-8-10-20(11-9-19)15-2-1-3-16(21)18-15/h1-7H,8-11H2,(H,18,21). The van der Waals surface area contributed by atoms with Crippen LogP contribution in [0.3, 0.4) is 0 Å². The minimum Gasteiger partial charge on any atom is -0.368 e. The number of nitriles is 1. The molecule has 0 radical (unpaired) electrons. The fourth-order valence-electron chi connectivity index (χ4n) is 2.57. The molecule has 0 amide bonds. The van der Waals surface area contributed by atoms with Crippen LogP contribution >= 0.6 is 12.2 Å². The number of benzene rings is 1. The first-order valence-corrected chi connectivity index (χ1v) is 7.36. The van der Waals surface area contributed by atoms with Crippen LogP contribution in [-0.2, 0) is 0 Å². The Kier molecular flexibility index (Phi) is 3.89. The molecule has 0 unspecified atom stereocenters. The minimum absolute atomic E-state index is 0.703. The maximum Gasteiger partial charge on any atom is 0.106 e. The number of piperazine rings is 1. The van der Waals surface area contributed by atoms with Crippen molar-refractivity contribution in [1.29, 1.82) is 5.26 Å². The largest absolute Gasteiger partial charge is 0.368 e. The van der Waals surface area contributed by atoms with Crippen LogP contribution in [0.25, 0.3) is 0 Å². The maximum absolute atomic E-state index is 8.84. The van der Waals surface area contributed by atoms with Gasteiger partial charge < -0.3 is 14.8 Å². The molecule has 5 heteroatoms. The SMILES string of the molecule is N#Cc1ccc(N2CCN(c3cccc(=S)[nH]3)CC2)cc1. The van der Waals surface area contributed by atoms with Crippen molar-refractivity contribution >= 4 is 23.7 Å². The Bertz CT molecular complexity index is 706. The molecule has 106 valence electrons. The molecule has 2 heterocycles. The van der Waals surface area contributed by atoms with E-state index in [0.717, 1.165) is 36.6 Å². The zero-order valence-electron chi connectivity index (χ0n) is 11.6. The van der Waals surface area contributed by atoms with E-state index >= 15 is 0 Å². The zero-order valence-corrected chi connectivity index (χ0v) is 12.4. The maximum atomic E-state index is 8.84. The van der Waals surface area contributed by atoms with Gasteiger partial charge in [-0.15, -0.1) is 0 Å². The average Bonchev–Trinajstić information content (AvgIpc) is 2.55. The molecule has 4 nitrogen and oxygen atoms in total. The van der Waals surface area contributed by atoms with Gasteiger partial charge in [0.1, 0.15) is 10.5 Å². The molecule has 0 bridgehead atoms. The lowest BCUT2D eigenvalue weighted by atomic mass is 10.2. The number of pyridine rings is 1. The smallest absolute Gasteiger partial charge is 0.106 e. The second-order valence-electron chi connectivity index (χ2n) is 5.03. The van der Waals surface area contributed by atoms with Gasteiger partial charge in [-0.05, 0) is 36.4 Å². The number of aromatic nitrogens is 1. The molecule has 21 heavy (non-hydrogen) atoms. The fraction of sp³-hybridized carbons (Fsp3) is 0.250. The van der Waals surface area contributed by atoms with Crippen LogP contribution in [0.1, 0.15) is 5.56 Å². The van der Waals surface area contributed by atoms with Gasteiger partial charge in [0, 0.05) is 31.9 Å². The van der Waals surface area contributed by atoms with Gasteiger partial charge >= 0.3 is 0 Å². The Hall–Kier alpha value is -2.32. The van der Waals surface area contributed by atoms with Crippen LogP contribution in [0.15, 0.2) is 42.5 Å². The average molecular weight is 296 g/mol. The quantitative estimate of drug-likeness (QED) is 0.866. The van der Waals surface area contributed by atoms with E-state index in [1.54, 1.807) is 0 Å². The third kappa shape index (κ3) is 3.06. The summed E-state index contributed by atoms with van der Waals surface area (Å²) in [6.45, 7) is 3.83. The molecule has 1 aliphatic heterocycles. The third-order valence-corrected chi connectivity index (χ3v) is 3.97. The number of nitrogens with zero attached hydrogens (tertiary/aromatic N) is 3. The lowest BCUT2D eigenvalue weighted by molar-refractivity contribution is 0.647. The Morgan fingerprint density at radius 1 is 0.952 bits per heavy atom. The van der Waals surface area contributed by atoms with Crippen LogP contribution < -0.4 is 9.80 Å². The van der Waals surface area contributed by atoms with Gasteiger partial charge in [0.2, 0.25) is 0 Å². The fourth-order valence-corrected chi connectivity index (χ4v) is 2.76. The first kappa shape index (κ1) is 13.7. The van der Waals surface area contributed by atoms with Gasteiger partial charge in [-0.25, -0.2) is 0 Å².